The number of rotatable bonds is 19. The fourth-order valence-electron chi connectivity index (χ4n) is 10.1. The molecule has 0 aliphatic heterocycles. The summed E-state index contributed by atoms with van der Waals surface area (Å²) in [5, 5.41) is 5.95. The molecule has 0 spiro atoms. The lowest BCUT2D eigenvalue weighted by Crippen LogP contribution is -2.39. The monoisotopic (exact) mass is 1040 g/mol. The lowest BCUT2D eigenvalue weighted by atomic mass is 9.91. The van der Waals surface area contributed by atoms with Crippen molar-refractivity contribution >= 4 is 23.2 Å². The maximum Gasteiger partial charge on any atom is 0.228 e. The Hall–Kier alpha value is -8.18. The van der Waals surface area contributed by atoms with Gasteiger partial charge in [0.25, 0.3) is 0 Å². The van der Waals surface area contributed by atoms with Gasteiger partial charge >= 0.3 is 0 Å². The summed E-state index contributed by atoms with van der Waals surface area (Å²) >= 11 is 0. The summed E-state index contributed by atoms with van der Waals surface area (Å²) in [6.45, 7) is 5.88. The zero-order chi connectivity index (χ0) is 53.9. The van der Waals surface area contributed by atoms with Gasteiger partial charge in [-0.15, -0.1) is 0 Å². The van der Waals surface area contributed by atoms with Crippen LogP contribution in [0.2, 0.25) is 0 Å². The van der Waals surface area contributed by atoms with Gasteiger partial charge in [0.15, 0.2) is 0 Å². The molecule has 0 radical (unpaired) electrons. The molecule has 10 rings (SSSR count). The van der Waals surface area contributed by atoms with Crippen LogP contribution in [-0.4, -0.2) is 41.0 Å². The number of aryl methyl sites for hydroxylation is 2. The van der Waals surface area contributed by atoms with Crippen molar-refractivity contribution in [2.45, 2.75) is 115 Å². The molecule has 4 N–H and O–H groups in total. The Morgan fingerprint density at radius 2 is 0.744 bits per heavy atom. The molecule has 0 atom stereocenters. The van der Waals surface area contributed by atoms with E-state index in [-0.39, 0.29) is 24.0 Å². The summed E-state index contributed by atoms with van der Waals surface area (Å²) in [5.41, 5.74) is 14.3. The molecule has 10 nitrogen and oxygen atoms in total. The molecule has 8 aromatic carbocycles. The van der Waals surface area contributed by atoms with E-state index < -0.39 is 0 Å². The standard InChI is InChI=1S/C41H42N2O3.C27H30N2O3/c1-31-10-8-9-15-40(31)42-41(44)28-32-16-20-36(21-17-32)45-38-24-26-39(27-25-38)46-37-22-18-35(19-23-37)43(29-33-11-4-2-5-12-33)30-34-13-6-3-7-14-34;1-19-4-2-3-5-26(19)29-27(30)18-20-6-10-22(11-7-20)31-24-14-16-25(17-15-24)32-23-12-8-21(28)9-13-23/h2-17,20-21,24-27,35,37H,18-19,22-23,28-30H2,1H3,(H,42,44);2-7,10-11,14-17,21,23H,8-9,12-13,18,28H2,1H3,(H,29,30). The van der Waals surface area contributed by atoms with Crippen LogP contribution in [0.5, 0.6) is 34.5 Å². The van der Waals surface area contributed by atoms with Gasteiger partial charge in [-0.3, -0.25) is 14.5 Å². The molecule has 10 heteroatoms. The number of hydrogen-bond acceptors (Lipinski definition) is 8. The molecule has 78 heavy (non-hydrogen) atoms. The van der Waals surface area contributed by atoms with Crippen molar-refractivity contribution < 1.29 is 28.5 Å². The van der Waals surface area contributed by atoms with Crippen LogP contribution in [0.15, 0.2) is 206 Å². The number of carbonyl (C=O) groups excluding carboxylic acids is 2. The van der Waals surface area contributed by atoms with Gasteiger partial charge in [-0.2, -0.15) is 0 Å². The van der Waals surface area contributed by atoms with Crippen molar-refractivity contribution in [2.75, 3.05) is 10.6 Å². The summed E-state index contributed by atoms with van der Waals surface area (Å²) < 4.78 is 24.5. The first-order chi connectivity index (χ1) is 38.1. The third-order valence-corrected chi connectivity index (χ3v) is 14.5. The number of nitrogens with two attached hydrogens (primary N) is 1. The highest BCUT2D eigenvalue weighted by atomic mass is 16.5. The molecule has 400 valence electrons. The molecule has 2 amide bonds. The van der Waals surface area contributed by atoms with Gasteiger partial charge in [0, 0.05) is 36.5 Å². The minimum absolute atomic E-state index is 0.0382. The normalized spacial score (nSPS) is 16.9. The zero-order valence-electron chi connectivity index (χ0n) is 44.9. The molecule has 0 unspecified atom stereocenters. The second kappa shape index (κ2) is 27.7. The van der Waals surface area contributed by atoms with Crippen molar-refractivity contribution in [3.05, 3.63) is 240 Å². The molecular formula is C68H72N4O6. The summed E-state index contributed by atoms with van der Waals surface area (Å²) in [4.78, 5) is 27.5. The third-order valence-electron chi connectivity index (χ3n) is 14.5. The topological polar surface area (TPSA) is 124 Å². The van der Waals surface area contributed by atoms with E-state index in [2.05, 4.69) is 76.2 Å². The van der Waals surface area contributed by atoms with E-state index >= 15 is 0 Å². The summed E-state index contributed by atoms with van der Waals surface area (Å²) in [6, 6.07) is 68.8. The van der Waals surface area contributed by atoms with Gasteiger partial charge < -0.3 is 35.3 Å². The smallest absolute Gasteiger partial charge is 0.228 e. The maximum absolute atomic E-state index is 12.5. The number of benzene rings is 8. The SMILES string of the molecule is Cc1ccccc1NC(=O)Cc1ccc(Oc2ccc(OC3CCC(N(Cc4ccccc4)Cc4ccccc4)CC3)cc2)cc1.Cc1ccccc1NC(=O)Cc1ccc(Oc2ccc(OC3CCC(N)CC3)cc2)cc1. The largest absolute Gasteiger partial charge is 0.490 e. The second-order valence-corrected chi connectivity index (χ2v) is 20.6. The molecule has 0 heterocycles. The Bertz CT molecular complexity index is 3060. The highest BCUT2D eigenvalue weighted by Gasteiger charge is 2.27. The van der Waals surface area contributed by atoms with Gasteiger partial charge in [0.1, 0.15) is 34.5 Å². The molecule has 0 saturated heterocycles. The molecule has 2 fully saturated rings. The van der Waals surface area contributed by atoms with E-state index in [4.69, 9.17) is 24.7 Å². The van der Waals surface area contributed by atoms with Crippen LogP contribution in [0.4, 0.5) is 11.4 Å². The van der Waals surface area contributed by atoms with Crippen molar-refractivity contribution in [1.29, 1.82) is 0 Å². The van der Waals surface area contributed by atoms with Crippen LogP contribution >= 0.6 is 0 Å². The average molecular weight is 1040 g/mol. The van der Waals surface area contributed by atoms with E-state index in [1.807, 2.05) is 159 Å². The minimum atomic E-state index is -0.0384. The molecule has 2 aliphatic rings. The van der Waals surface area contributed by atoms with Crippen LogP contribution in [0.3, 0.4) is 0 Å². The number of carbonyl (C=O) groups is 2. The average Bonchev–Trinajstić information content (AvgIpc) is 3.47. The van der Waals surface area contributed by atoms with Crippen molar-refractivity contribution in [2.24, 2.45) is 5.73 Å². The third kappa shape index (κ3) is 16.9. The van der Waals surface area contributed by atoms with Crippen LogP contribution in [-0.2, 0) is 35.5 Å². The number of ether oxygens (including phenoxy) is 4. The predicted molar refractivity (Wildman–Crippen MR) is 313 cm³/mol. The predicted octanol–water partition coefficient (Wildman–Crippen LogP) is 15.0. The first-order valence-corrected chi connectivity index (χ1v) is 27.5. The second-order valence-electron chi connectivity index (χ2n) is 20.6. The quantitative estimate of drug-likeness (QED) is 0.0731. The van der Waals surface area contributed by atoms with E-state index in [0.29, 0.717) is 24.9 Å². The maximum atomic E-state index is 12.5. The van der Waals surface area contributed by atoms with Crippen molar-refractivity contribution in [3.8, 4) is 34.5 Å². The van der Waals surface area contributed by atoms with E-state index in [0.717, 1.165) is 133 Å². The Kier molecular flexibility index (Phi) is 19.4. The van der Waals surface area contributed by atoms with Gasteiger partial charge in [-0.25, -0.2) is 0 Å². The number of nitrogens with one attached hydrogen (secondary N) is 2. The Balaban J connectivity index is 0.000000202. The van der Waals surface area contributed by atoms with Gasteiger partial charge in [0.05, 0.1) is 25.0 Å². The van der Waals surface area contributed by atoms with Crippen LogP contribution in [0, 0.1) is 13.8 Å². The van der Waals surface area contributed by atoms with E-state index in [1.165, 1.54) is 11.1 Å². The van der Waals surface area contributed by atoms with Crippen molar-refractivity contribution in [3.63, 3.8) is 0 Å². The summed E-state index contributed by atoms with van der Waals surface area (Å²) in [6.07, 6.45) is 9.47. The summed E-state index contributed by atoms with van der Waals surface area (Å²) in [7, 11) is 0. The first-order valence-electron chi connectivity index (χ1n) is 27.5. The number of para-hydroxylation sites is 2. The van der Waals surface area contributed by atoms with Crippen LogP contribution < -0.4 is 35.3 Å². The number of hydrogen-bond donors (Lipinski definition) is 3. The van der Waals surface area contributed by atoms with Gasteiger partial charge in [0.2, 0.25) is 11.8 Å². The molecule has 2 saturated carbocycles. The highest BCUT2D eigenvalue weighted by Crippen LogP contribution is 2.32. The fraction of sp³-hybridized carbons (Fsp3) is 0.265. The molecule has 2 aliphatic carbocycles. The Labute approximate surface area is 460 Å². The fourth-order valence-corrected chi connectivity index (χ4v) is 10.1. The lowest BCUT2D eigenvalue weighted by molar-refractivity contribution is -0.116. The van der Waals surface area contributed by atoms with Crippen molar-refractivity contribution in [1.82, 2.24) is 4.90 Å². The highest BCUT2D eigenvalue weighted by molar-refractivity contribution is 5.93. The number of nitrogens with zero attached hydrogens (tertiary/aromatic N) is 1. The Morgan fingerprint density at radius 3 is 1.13 bits per heavy atom. The number of amides is 2. The Morgan fingerprint density at radius 1 is 0.410 bits per heavy atom. The number of anilines is 2. The van der Waals surface area contributed by atoms with Crippen LogP contribution in [0.25, 0.3) is 0 Å². The molecular weight excluding hydrogens is 969 g/mol. The van der Waals surface area contributed by atoms with E-state index in [9.17, 15) is 9.59 Å². The zero-order valence-corrected chi connectivity index (χ0v) is 44.9. The summed E-state index contributed by atoms with van der Waals surface area (Å²) in [5.74, 6) is 4.59. The van der Waals surface area contributed by atoms with Gasteiger partial charge in [-0.05, 0) is 184 Å². The molecule has 0 aromatic heterocycles. The van der Waals surface area contributed by atoms with Gasteiger partial charge in [-0.1, -0.05) is 121 Å². The first kappa shape index (κ1) is 54.6. The van der Waals surface area contributed by atoms with E-state index in [1.54, 1.807) is 0 Å². The lowest BCUT2D eigenvalue weighted by Gasteiger charge is -2.37. The minimum Gasteiger partial charge on any atom is -0.490 e. The van der Waals surface area contributed by atoms with Crippen LogP contribution in [0.1, 0.15) is 84.7 Å². The molecule has 8 aromatic rings. The molecule has 0 bridgehead atoms.